The molecule has 1 nitrogen and oxygen atoms in total. The van der Waals surface area contributed by atoms with Gasteiger partial charge in [0.2, 0.25) is 0 Å². The van der Waals surface area contributed by atoms with Gasteiger partial charge in [0.05, 0.1) is 0 Å². The summed E-state index contributed by atoms with van der Waals surface area (Å²) in [6.45, 7) is 3.00. The third-order valence-electron chi connectivity index (χ3n) is 0.183. The molecule has 0 saturated carbocycles. The molecule has 0 bridgehead atoms. The first-order valence-corrected chi connectivity index (χ1v) is 1.37. The van der Waals surface area contributed by atoms with Crippen LogP contribution in [-0.4, -0.2) is 5.11 Å². The molecule has 0 fully saturated rings. The van der Waals surface area contributed by atoms with Crippen molar-refractivity contribution < 1.29 is 37.8 Å². The molecule has 29 valence electrons. The standard InChI is InChI=1S/C3H7O.Y/c1-2-3-4;/h3-4H,2H2,1H3;/q-1;. The van der Waals surface area contributed by atoms with Crippen molar-refractivity contribution in [3.05, 3.63) is 6.61 Å². The minimum Gasteiger partial charge on any atom is -0.566 e. The zero-order chi connectivity index (χ0) is 3.41. The SMILES string of the molecule is CC[CH-]O.[Y]. The third-order valence-corrected chi connectivity index (χ3v) is 0.183. The van der Waals surface area contributed by atoms with E-state index in [1.54, 1.807) is 0 Å². The van der Waals surface area contributed by atoms with Gasteiger partial charge in [-0.25, -0.2) is 6.61 Å². The smallest absolute Gasteiger partial charge is 0 e. The summed E-state index contributed by atoms with van der Waals surface area (Å²) in [5, 5.41) is 7.75. The maximum atomic E-state index is 7.75. The molecule has 0 aromatic rings. The van der Waals surface area contributed by atoms with Gasteiger partial charge in [-0.15, -0.1) is 0 Å². The summed E-state index contributed by atoms with van der Waals surface area (Å²) < 4.78 is 0. The summed E-state index contributed by atoms with van der Waals surface area (Å²) in [5.74, 6) is 0. The van der Waals surface area contributed by atoms with Gasteiger partial charge >= 0.3 is 0 Å². The molecule has 0 rings (SSSR count). The number of hydrogen-bond donors (Lipinski definition) is 1. The zero-order valence-electron chi connectivity index (χ0n) is 3.31. The van der Waals surface area contributed by atoms with Crippen LogP contribution in [0.1, 0.15) is 13.3 Å². The van der Waals surface area contributed by atoms with Gasteiger partial charge in [0.15, 0.2) is 0 Å². The molecule has 0 aliphatic heterocycles. The van der Waals surface area contributed by atoms with Crippen LogP contribution in [0.15, 0.2) is 0 Å². The predicted octanol–water partition coefficient (Wildman–Crippen LogP) is 0.928. The molecule has 5 heavy (non-hydrogen) atoms. The van der Waals surface area contributed by atoms with Crippen molar-refractivity contribution in [2.45, 2.75) is 13.3 Å². The first-order valence-electron chi connectivity index (χ1n) is 1.37. The van der Waals surface area contributed by atoms with Gasteiger partial charge in [-0.2, -0.15) is 6.42 Å². The molecule has 0 aliphatic rings. The van der Waals surface area contributed by atoms with E-state index >= 15 is 0 Å². The molecule has 0 atom stereocenters. The molecule has 0 aliphatic carbocycles. The topological polar surface area (TPSA) is 20.2 Å². The average Bonchev–Trinajstić information content (AvgIpc) is 1.37. The molecule has 0 heterocycles. The van der Waals surface area contributed by atoms with E-state index < -0.39 is 0 Å². The predicted molar refractivity (Wildman–Crippen MR) is 16.5 cm³/mol. The monoisotopic (exact) mass is 148 g/mol. The van der Waals surface area contributed by atoms with E-state index in [0.717, 1.165) is 13.0 Å². The van der Waals surface area contributed by atoms with Gasteiger partial charge in [-0.05, 0) is 0 Å². The molecule has 2 heteroatoms. The van der Waals surface area contributed by atoms with E-state index in [2.05, 4.69) is 0 Å². The Balaban J connectivity index is 0. The first-order chi connectivity index (χ1) is 1.91. The van der Waals surface area contributed by atoms with Crippen LogP contribution in [-0.2, 0) is 32.7 Å². The van der Waals surface area contributed by atoms with Crippen LogP contribution in [0, 0.1) is 6.61 Å². The largest absolute Gasteiger partial charge is 0.566 e. The van der Waals surface area contributed by atoms with E-state index in [0.29, 0.717) is 0 Å². The molecule has 0 amide bonds. The molecule has 0 spiro atoms. The van der Waals surface area contributed by atoms with Crippen LogP contribution in [0.2, 0.25) is 0 Å². The van der Waals surface area contributed by atoms with Gasteiger partial charge in [0, 0.05) is 32.7 Å². The van der Waals surface area contributed by atoms with Crippen LogP contribution in [0.3, 0.4) is 0 Å². The Hall–Kier alpha value is 1.06. The van der Waals surface area contributed by atoms with Crippen LogP contribution in [0.25, 0.3) is 0 Å². The van der Waals surface area contributed by atoms with E-state index in [1.807, 2.05) is 6.92 Å². The molecule has 0 aromatic heterocycles. The van der Waals surface area contributed by atoms with Crippen molar-refractivity contribution in [2.75, 3.05) is 0 Å². The fourth-order valence-electron chi connectivity index (χ4n) is 0. The van der Waals surface area contributed by atoms with Crippen molar-refractivity contribution >= 4 is 0 Å². The number of aliphatic hydroxyl groups excluding tert-OH is 1. The Bertz CT molecular complexity index is 8.85. The van der Waals surface area contributed by atoms with Crippen LogP contribution in [0.5, 0.6) is 0 Å². The van der Waals surface area contributed by atoms with Crippen LogP contribution in [0.4, 0.5) is 0 Å². The van der Waals surface area contributed by atoms with Crippen LogP contribution < -0.4 is 0 Å². The van der Waals surface area contributed by atoms with Crippen molar-refractivity contribution in [3.8, 4) is 0 Å². The Morgan fingerprint density at radius 1 is 1.80 bits per heavy atom. The third kappa shape index (κ3) is 11.2. The van der Waals surface area contributed by atoms with E-state index in [4.69, 9.17) is 5.11 Å². The Kier molecular flexibility index (Phi) is 16.8. The van der Waals surface area contributed by atoms with E-state index in [1.165, 1.54) is 0 Å². The van der Waals surface area contributed by atoms with Crippen LogP contribution >= 0.6 is 0 Å². The molecule has 1 radical (unpaired) electrons. The first kappa shape index (κ1) is 9.42. The second-order valence-electron chi connectivity index (χ2n) is 0.591. The fraction of sp³-hybridized carbons (Fsp3) is 0.667. The van der Waals surface area contributed by atoms with E-state index in [9.17, 15) is 0 Å². The number of hydrogen-bond acceptors (Lipinski definition) is 1. The minimum atomic E-state index is 0. The Morgan fingerprint density at radius 3 is 2.00 bits per heavy atom. The normalized spacial score (nSPS) is 6.00. The summed E-state index contributed by atoms with van der Waals surface area (Å²) in [5.41, 5.74) is 0. The Labute approximate surface area is 57.6 Å². The average molecular weight is 148 g/mol. The number of aliphatic hydroxyl groups is 1. The van der Waals surface area contributed by atoms with Gasteiger partial charge in [0.1, 0.15) is 0 Å². The zero-order valence-corrected chi connectivity index (χ0v) is 6.15. The Morgan fingerprint density at radius 2 is 2.00 bits per heavy atom. The van der Waals surface area contributed by atoms with Gasteiger partial charge in [-0.3, -0.25) is 0 Å². The van der Waals surface area contributed by atoms with Gasteiger partial charge in [0.25, 0.3) is 0 Å². The second kappa shape index (κ2) is 8.91. The maximum Gasteiger partial charge on any atom is 0 e. The summed E-state index contributed by atoms with van der Waals surface area (Å²) >= 11 is 0. The summed E-state index contributed by atoms with van der Waals surface area (Å²) in [4.78, 5) is 0. The van der Waals surface area contributed by atoms with E-state index in [-0.39, 0.29) is 32.7 Å². The molecule has 0 unspecified atom stereocenters. The molecule has 1 N–H and O–H groups in total. The molecular formula is C3H7OY-. The molecular weight excluding hydrogens is 141 g/mol. The second-order valence-corrected chi connectivity index (χ2v) is 0.591. The molecule has 0 saturated heterocycles. The number of rotatable bonds is 1. The fourth-order valence-corrected chi connectivity index (χ4v) is 0. The summed E-state index contributed by atoms with van der Waals surface area (Å²) in [7, 11) is 0. The quantitative estimate of drug-likeness (QED) is 0.548. The summed E-state index contributed by atoms with van der Waals surface area (Å²) in [6, 6.07) is 0. The van der Waals surface area contributed by atoms with Crippen molar-refractivity contribution in [1.82, 2.24) is 0 Å². The van der Waals surface area contributed by atoms with Crippen molar-refractivity contribution in [3.63, 3.8) is 0 Å². The maximum absolute atomic E-state index is 7.75. The summed E-state index contributed by atoms with van der Waals surface area (Å²) in [6.07, 6.45) is 0.750. The van der Waals surface area contributed by atoms with Gasteiger partial charge in [-0.1, -0.05) is 6.92 Å². The molecule has 0 aromatic carbocycles. The minimum absolute atomic E-state index is 0. The van der Waals surface area contributed by atoms with Crippen molar-refractivity contribution in [1.29, 1.82) is 0 Å². The van der Waals surface area contributed by atoms with Crippen molar-refractivity contribution in [2.24, 2.45) is 0 Å². The van der Waals surface area contributed by atoms with Gasteiger partial charge < -0.3 is 5.11 Å².